The van der Waals surface area contributed by atoms with Gasteiger partial charge in [0.2, 0.25) is 0 Å². The van der Waals surface area contributed by atoms with Crippen LogP contribution in [0.1, 0.15) is 13.3 Å². The molecule has 1 aromatic carbocycles. The van der Waals surface area contributed by atoms with E-state index in [-0.39, 0.29) is 0 Å². The number of hydrogen-bond donors (Lipinski definition) is 1. The standard InChI is InChI=1S/C12H15ClN2/c1-3-11(14)9-15(4-2)12-7-5-10(13)6-8-12/h4-9H,2-3,14H2,1H3/b11-9-. The van der Waals surface area contributed by atoms with Gasteiger partial charge in [0.1, 0.15) is 0 Å². The van der Waals surface area contributed by atoms with Crippen LogP contribution < -0.4 is 10.6 Å². The first-order valence-electron chi connectivity index (χ1n) is 4.80. The van der Waals surface area contributed by atoms with Crippen molar-refractivity contribution in [3.05, 3.63) is 54.0 Å². The van der Waals surface area contributed by atoms with Gasteiger partial charge in [0, 0.05) is 28.8 Å². The van der Waals surface area contributed by atoms with Crippen molar-refractivity contribution in [2.75, 3.05) is 4.90 Å². The van der Waals surface area contributed by atoms with Gasteiger partial charge in [-0.25, -0.2) is 0 Å². The summed E-state index contributed by atoms with van der Waals surface area (Å²) in [5, 5.41) is 0.718. The van der Waals surface area contributed by atoms with E-state index in [0.29, 0.717) is 0 Å². The lowest BCUT2D eigenvalue weighted by molar-refractivity contribution is 1.04. The quantitative estimate of drug-likeness (QED) is 0.845. The molecular weight excluding hydrogens is 208 g/mol. The van der Waals surface area contributed by atoms with Crippen molar-refractivity contribution < 1.29 is 0 Å². The third-order valence-electron chi connectivity index (χ3n) is 2.03. The summed E-state index contributed by atoms with van der Waals surface area (Å²) < 4.78 is 0. The third-order valence-corrected chi connectivity index (χ3v) is 2.29. The molecule has 0 radical (unpaired) electrons. The smallest absolute Gasteiger partial charge is 0.0450 e. The lowest BCUT2D eigenvalue weighted by atomic mass is 10.3. The Morgan fingerprint density at radius 3 is 2.53 bits per heavy atom. The summed E-state index contributed by atoms with van der Waals surface area (Å²) in [6.07, 6.45) is 4.39. The fraction of sp³-hybridized carbons (Fsp3) is 0.167. The van der Waals surface area contributed by atoms with Crippen molar-refractivity contribution in [1.29, 1.82) is 0 Å². The number of allylic oxidation sites excluding steroid dienone is 1. The van der Waals surface area contributed by atoms with E-state index in [1.807, 2.05) is 42.3 Å². The monoisotopic (exact) mass is 222 g/mol. The molecule has 2 nitrogen and oxygen atoms in total. The highest BCUT2D eigenvalue weighted by molar-refractivity contribution is 6.30. The molecule has 0 fully saturated rings. The lowest BCUT2D eigenvalue weighted by Gasteiger charge is -2.16. The minimum atomic E-state index is 0.718. The summed E-state index contributed by atoms with van der Waals surface area (Å²) in [6, 6.07) is 7.51. The van der Waals surface area contributed by atoms with E-state index < -0.39 is 0 Å². The van der Waals surface area contributed by atoms with E-state index >= 15 is 0 Å². The molecule has 0 heterocycles. The fourth-order valence-corrected chi connectivity index (χ4v) is 1.24. The molecule has 0 aliphatic carbocycles. The van der Waals surface area contributed by atoms with Crippen LogP contribution in [0.4, 0.5) is 5.69 Å². The SMILES string of the molecule is C=CN(/C=C(\N)CC)c1ccc(Cl)cc1. The molecule has 2 N–H and O–H groups in total. The van der Waals surface area contributed by atoms with Crippen LogP contribution in [0, 0.1) is 0 Å². The summed E-state index contributed by atoms with van der Waals surface area (Å²) in [5.74, 6) is 0. The van der Waals surface area contributed by atoms with E-state index in [1.165, 1.54) is 0 Å². The summed E-state index contributed by atoms with van der Waals surface area (Å²) in [5.41, 5.74) is 7.56. The lowest BCUT2D eigenvalue weighted by Crippen LogP contribution is -2.10. The number of nitrogens with zero attached hydrogens (tertiary/aromatic N) is 1. The topological polar surface area (TPSA) is 29.3 Å². The second kappa shape index (κ2) is 5.47. The summed E-state index contributed by atoms with van der Waals surface area (Å²) in [4.78, 5) is 1.87. The minimum absolute atomic E-state index is 0.718. The van der Waals surface area contributed by atoms with E-state index in [2.05, 4.69) is 6.58 Å². The molecular formula is C12H15ClN2. The van der Waals surface area contributed by atoms with Gasteiger partial charge in [0.25, 0.3) is 0 Å². The highest BCUT2D eigenvalue weighted by Crippen LogP contribution is 2.18. The van der Waals surface area contributed by atoms with Crippen LogP contribution in [0.3, 0.4) is 0 Å². The summed E-state index contributed by atoms with van der Waals surface area (Å²) >= 11 is 5.81. The van der Waals surface area contributed by atoms with Crippen molar-refractivity contribution >= 4 is 17.3 Å². The van der Waals surface area contributed by atoms with Crippen LogP contribution >= 0.6 is 11.6 Å². The van der Waals surface area contributed by atoms with Gasteiger partial charge in [0.15, 0.2) is 0 Å². The average molecular weight is 223 g/mol. The fourth-order valence-electron chi connectivity index (χ4n) is 1.12. The van der Waals surface area contributed by atoms with Gasteiger partial charge in [-0.2, -0.15) is 0 Å². The van der Waals surface area contributed by atoms with Gasteiger partial charge in [-0.3, -0.25) is 0 Å². The van der Waals surface area contributed by atoms with Crippen molar-refractivity contribution in [3.8, 4) is 0 Å². The second-order valence-corrected chi connectivity index (χ2v) is 3.56. The Hall–Kier alpha value is -1.41. The maximum atomic E-state index is 5.81. The van der Waals surface area contributed by atoms with E-state index in [0.717, 1.165) is 22.8 Å². The zero-order chi connectivity index (χ0) is 11.3. The molecule has 0 spiro atoms. The predicted molar refractivity (Wildman–Crippen MR) is 66.7 cm³/mol. The van der Waals surface area contributed by atoms with E-state index in [9.17, 15) is 0 Å². The average Bonchev–Trinajstić information content (AvgIpc) is 2.27. The number of anilines is 1. The Bertz CT molecular complexity index is 354. The van der Waals surface area contributed by atoms with Crippen molar-refractivity contribution in [2.45, 2.75) is 13.3 Å². The van der Waals surface area contributed by atoms with Gasteiger partial charge in [-0.05, 0) is 30.7 Å². The zero-order valence-corrected chi connectivity index (χ0v) is 9.54. The molecule has 0 atom stereocenters. The minimum Gasteiger partial charge on any atom is -0.401 e. The first-order chi connectivity index (χ1) is 7.17. The molecule has 0 saturated heterocycles. The number of rotatable bonds is 4. The molecule has 0 bridgehead atoms. The maximum Gasteiger partial charge on any atom is 0.0450 e. The molecule has 0 aromatic heterocycles. The van der Waals surface area contributed by atoms with Crippen molar-refractivity contribution in [3.63, 3.8) is 0 Å². The first-order valence-corrected chi connectivity index (χ1v) is 5.17. The normalized spacial score (nSPS) is 11.2. The van der Waals surface area contributed by atoms with E-state index in [4.69, 9.17) is 17.3 Å². The van der Waals surface area contributed by atoms with Gasteiger partial charge >= 0.3 is 0 Å². The van der Waals surface area contributed by atoms with E-state index in [1.54, 1.807) is 6.20 Å². The second-order valence-electron chi connectivity index (χ2n) is 3.12. The van der Waals surface area contributed by atoms with Gasteiger partial charge in [0.05, 0.1) is 0 Å². The van der Waals surface area contributed by atoms with Crippen LogP contribution in [-0.2, 0) is 0 Å². The molecule has 0 unspecified atom stereocenters. The number of hydrogen-bond acceptors (Lipinski definition) is 2. The van der Waals surface area contributed by atoms with Crippen LogP contribution in [0.15, 0.2) is 48.9 Å². The highest BCUT2D eigenvalue weighted by Gasteiger charge is 1.99. The Kier molecular flexibility index (Phi) is 4.25. The molecule has 1 aromatic rings. The van der Waals surface area contributed by atoms with Crippen LogP contribution in [-0.4, -0.2) is 0 Å². The summed E-state index contributed by atoms with van der Waals surface area (Å²) in [6.45, 7) is 5.75. The number of halogens is 1. The molecule has 80 valence electrons. The third kappa shape index (κ3) is 3.33. The molecule has 15 heavy (non-hydrogen) atoms. The van der Waals surface area contributed by atoms with Crippen LogP contribution in [0.25, 0.3) is 0 Å². The highest BCUT2D eigenvalue weighted by atomic mass is 35.5. The predicted octanol–water partition coefficient (Wildman–Crippen LogP) is 3.50. The number of benzene rings is 1. The van der Waals surface area contributed by atoms with Crippen LogP contribution in [0.2, 0.25) is 5.02 Å². The molecule has 0 amide bonds. The molecule has 0 aliphatic rings. The van der Waals surface area contributed by atoms with Gasteiger partial charge in [-0.1, -0.05) is 25.1 Å². The molecule has 0 aliphatic heterocycles. The van der Waals surface area contributed by atoms with Crippen LogP contribution in [0.5, 0.6) is 0 Å². The Labute approximate surface area is 95.6 Å². The van der Waals surface area contributed by atoms with Crippen molar-refractivity contribution in [2.24, 2.45) is 5.73 Å². The number of nitrogens with two attached hydrogens (primary N) is 1. The Balaban J connectivity index is 2.92. The molecule has 0 saturated carbocycles. The maximum absolute atomic E-state index is 5.81. The zero-order valence-electron chi connectivity index (χ0n) is 8.78. The molecule has 1 rings (SSSR count). The Morgan fingerprint density at radius 1 is 1.47 bits per heavy atom. The first kappa shape index (κ1) is 11.7. The van der Waals surface area contributed by atoms with Gasteiger partial charge < -0.3 is 10.6 Å². The van der Waals surface area contributed by atoms with Crippen molar-refractivity contribution in [1.82, 2.24) is 0 Å². The largest absolute Gasteiger partial charge is 0.401 e. The Morgan fingerprint density at radius 2 is 2.07 bits per heavy atom. The van der Waals surface area contributed by atoms with Gasteiger partial charge in [-0.15, -0.1) is 0 Å². The summed E-state index contributed by atoms with van der Waals surface area (Å²) in [7, 11) is 0. The molecule has 3 heteroatoms.